The Hall–Kier alpha value is -1.57. The Labute approximate surface area is 132 Å². The van der Waals surface area contributed by atoms with Crippen LogP contribution in [-0.2, 0) is 11.3 Å². The van der Waals surface area contributed by atoms with Crippen molar-refractivity contribution < 1.29 is 9.53 Å². The summed E-state index contributed by atoms with van der Waals surface area (Å²) in [5.74, 6) is 0. The van der Waals surface area contributed by atoms with Gasteiger partial charge in [-0.15, -0.1) is 11.3 Å². The topological polar surface area (TPSA) is 68.2 Å². The van der Waals surface area contributed by atoms with Crippen LogP contribution in [0.1, 0.15) is 17.8 Å². The summed E-state index contributed by atoms with van der Waals surface area (Å²) in [4.78, 5) is 12.9. The van der Waals surface area contributed by atoms with Crippen molar-refractivity contribution in [3.05, 3.63) is 33.7 Å². The summed E-state index contributed by atoms with van der Waals surface area (Å²) in [5.41, 5.74) is 0.639. The quantitative estimate of drug-likeness (QED) is 0.856. The molecule has 2 rings (SSSR count). The van der Waals surface area contributed by atoms with Gasteiger partial charge in [-0.25, -0.2) is 4.79 Å². The maximum absolute atomic E-state index is 11.9. The molecule has 0 aromatic carbocycles. The molecule has 21 heavy (non-hydrogen) atoms. The van der Waals surface area contributed by atoms with E-state index < -0.39 is 0 Å². The fourth-order valence-electron chi connectivity index (χ4n) is 1.73. The molecule has 1 atom stereocenters. The maximum atomic E-state index is 11.9. The second-order valence-corrected chi connectivity index (χ2v) is 6.19. The minimum Gasteiger partial charge on any atom is -0.383 e. The number of urea groups is 1. The van der Waals surface area contributed by atoms with Gasteiger partial charge in [0, 0.05) is 18.2 Å². The Morgan fingerprint density at radius 3 is 3.05 bits per heavy atom. The van der Waals surface area contributed by atoms with Crippen LogP contribution in [0, 0.1) is 0 Å². The van der Waals surface area contributed by atoms with E-state index in [9.17, 15) is 4.79 Å². The lowest BCUT2D eigenvalue weighted by molar-refractivity contribution is 0.183. The fourth-order valence-corrected chi connectivity index (χ4v) is 2.79. The van der Waals surface area contributed by atoms with E-state index in [4.69, 9.17) is 16.3 Å². The number of hydrogen-bond donors (Lipinski definition) is 2. The van der Waals surface area contributed by atoms with Crippen LogP contribution in [0.25, 0.3) is 0 Å². The van der Waals surface area contributed by atoms with Gasteiger partial charge in [0.05, 0.1) is 35.4 Å². The van der Waals surface area contributed by atoms with Crippen LogP contribution in [0.2, 0.25) is 4.34 Å². The fraction of sp³-hybridized carbons (Fsp3) is 0.385. The number of anilines is 1. The Balaban J connectivity index is 1.85. The average Bonchev–Trinajstić information content (AvgIpc) is 3.05. The summed E-state index contributed by atoms with van der Waals surface area (Å²) in [6, 6.07) is 3.34. The maximum Gasteiger partial charge on any atom is 0.319 e. The Morgan fingerprint density at radius 1 is 1.57 bits per heavy atom. The van der Waals surface area contributed by atoms with Crippen molar-refractivity contribution in [3.63, 3.8) is 0 Å². The molecule has 0 radical (unpaired) electrons. The molecule has 8 heteroatoms. The summed E-state index contributed by atoms with van der Waals surface area (Å²) in [6.07, 6.45) is 3.35. The van der Waals surface area contributed by atoms with Crippen molar-refractivity contribution in [2.45, 2.75) is 19.5 Å². The molecule has 114 valence electrons. The zero-order chi connectivity index (χ0) is 15.2. The van der Waals surface area contributed by atoms with Gasteiger partial charge < -0.3 is 15.4 Å². The second-order valence-electron chi connectivity index (χ2n) is 4.45. The number of ether oxygens (including phenoxy) is 1. The van der Waals surface area contributed by atoms with Crippen molar-refractivity contribution in [3.8, 4) is 0 Å². The SMILES string of the molecule is COCCn1cc(NC(=O)N[C@@H](C)c2ccc(Cl)s2)cn1. The molecule has 2 N–H and O–H groups in total. The molecule has 2 aromatic rings. The van der Waals surface area contributed by atoms with Crippen LogP contribution in [-0.4, -0.2) is 29.5 Å². The van der Waals surface area contributed by atoms with Crippen LogP contribution in [0.15, 0.2) is 24.5 Å². The number of carbonyl (C=O) groups is 1. The number of nitrogens with one attached hydrogen (secondary N) is 2. The third kappa shape index (κ3) is 4.73. The molecule has 2 aromatic heterocycles. The van der Waals surface area contributed by atoms with Gasteiger partial charge >= 0.3 is 6.03 Å². The summed E-state index contributed by atoms with van der Waals surface area (Å²) in [5, 5.41) is 9.72. The number of nitrogens with zero attached hydrogens (tertiary/aromatic N) is 2. The summed E-state index contributed by atoms with van der Waals surface area (Å²) in [7, 11) is 1.63. The number of hydrogen-bond acceptors (Lipinski definition) is 4. The molecule has 0 aliphatic rings. The number of halogens is 1. The molecule has 0 aliphatic carbocycles. The molecule has 2 heterocycles. The lowest BCUT2D eigenvalue weighted by Gasteiger charge is -2.12. The highest BCUT2D eigenvalue weighted by molar-refractivity contribution is 7.16. The number of aromatic nitrogens is 2. The van der Waals surface area contributed by atoms with E-state index >= 15 is 0 Å². The van der Waals surface area contributed by atoms with Crippen molar-refractivity contribution in [1.29, 1.82) is 0 Å². The van der Waals surface area contributed by atoms with Gasteiger partial charge in [0.2, 0.25) is 0 Å². The van der Waals surface area contributed by atoms with Crippen LogP contribution < -0.4 is 10.6 Å². The lowest BCUT2D eigenvalue weighted by Crippen LogP contribution is -2.30. The highest BCUT2D eigenvalue weighted by Gasteiger charge is 2.12. The smallest absolute Gasteiger partial charge is 0.319 e. The summed E-state index contributed by atoms with van der Waals surface area (Å²) < 4.78 is 7.39. The minimum absolute atomic E-state index is 0.106. The molecule has 0 spiro atoms. The molecule has 0 saturated heterocycles. The normalized spacial score (nSPS) is 12.1. The average molecular weight is 329 g/mol. The van der Waals surface area contributed by atoms with Gasteiger partial charge in [-0.05, 0) is 19.1 Å². The summed E-state index contributed by atoms with van der Waals surface area (Å²) in [6.45, 7) is 3.12. The van der Waals surface area contributed by atoms with Crippen molar-refractivity contribution in [1.82, 2.24) is 15.1 Å². The van der Waals surface area contributed by atoms with Crippen LogP contribution in [0.3, 0.4) is 0 Å². The first-order valence-corrected chi connectivity index (χ1v) is 7.62. The van der Waals surface area contributed by atoms with E-state index in [1.54, 1.807) is 24.2 Å². The van der Waals surface area contributed by atoms with Crippen molar-refractivity contribution in [2.75, 3.05) is 19.0 Å². The van der Waals surface area contributed by atoms with E-state index in [1.165, 1.54) is 11.3 Å². The van der Waals surface area contributed by atoms with Crippen molar-refractivity contribution in [2.24, 2.45) is 0 Å². The monoisotopic (exact) mass is 328 g/mol. The number of carbonyl (C=O) groups excluding carboxylic acids is 1. The highest BCUT2D eigenvalue weighted by atomic mass is 35.5. The Kier molecular flexibility index (Phi) is 5.60. The van der Waals surface area contributed by atoms with Crippen LogP contribution in [0.4, 0.5) is 10.5 Å². The van der Waals surface area contributed by atoms with E-state index in [-0.39, 0.29) is 12.1 Å². The molecule has 0 fully saturated rings. The molecular formula is C13H17ClN4O2S. The molecule has 0 saturated carbocycles. The minimum atomic E-state index is -0.279. The molecule has 0 bridgehead atoms. The number of thiophene rings is 1. The van der Waals surface area contributed by atoms with Crippen LogP contribution >= 0.6 is 22.9 Å². The molecule has 2 amide bonds. The van der Waals surface area contributed by atoms with E-state index in [2.05, 4.69) is 15.7 Å². The highest BCUT2D eigenvalue weighted by Crippen LogP contribution is 2.26. The lowest BCUT2D eigenvalue weighted by atomic mass is 10.3. The van der Waals surface area contributed by atoms with Gasteiger partial charge in [0.15, 0.2) is 0 Å². The second kappa shape index (κ2) is 7.44. The first-order valence-electron chi connectivity index (χ1n) is 6.42. The Bertz CT molecular complexity index is 599. The van der Waals surface area contributed by atoms with Gasteiger partial charge in [-0.1, -0.05) is 11.6 Å². The molecule has 6 nitrogen and oxygen atoms in total. The number of rotatable bonds is 6. The van der Waals surface area contributed by atoms with E-state index in [0.29, 0.717) is 23.2 Å². The van der Waals surface area contributed by atoms with Gasteiger partial charge in [-0.2, -0.15) is 5.10 Å². The standard InChI is InChI=1S/C13H17ClN4O2S/c1-9(11-3-4-12(14)21-11)16-13(19)17-10-7-15-18(8-10)5-6-20-2/h3-4,7-9H,5-6H2,1-2H3,(H2,16,17,19)/t9-/m0/s1. The largest absolute Gasteiger partial charge is 0.383 e. The predicted molar refractivity (Wildman–Crippen MR) is 84.0 cm³/mol. The molecule has 0 aliphatic heterocycles. The third-order valence-corrected chi connectivity index (χ3v) is 4.20. The molecular weight excluding hydrogens is 312 g/mol. The summed E-state index contributed by atoms with van der Waals surface area (Å²) >= 11 is 7.33. The zero-order valence-corrected chi connectivity index (χ0v) is 13.4. The van der Waals surface area contributed by atoms with E-state index in [0.717, 1.165) is 4.88 Å². The van der Waals surface area contributed by atoms with Gasteiger partial charge in [0.25, 0.3) is 0 Å². The molecule has 0 unspecified atom stereocenters. The first kappa shape index (κ1) is 15.8. The number of amides is 2. The predicted octanol–water partition coefficient (Wildman–Crippen LogP) is 3.13. The number of methoxy groups -OCH3 is 1. The van der Waals surface area contributed by atoms with Crippen molar-refractivity contribution >= 4 is 34.7 Å². The Morgan fingerprint density at radius 2 is 2.38 bits per heavy atom. The zero-order valence-electron chi connectivity index (χ0n) is 11.8. The third-order valence-electron chi connectivity index (χ3n) is 2.78. The van der Waals surface area contributed by atoms with Crippen LogP contribution in [0.5, 0.6) is 0 Å². The van der Waals surface area contributed by atoms with Gasteiger partial charge in [-0.3, -0.25) is 4.68 Å². The first-order chi connectivity index (χ1) is 10.1. The van der Waals surface area contributed by atoms with E-state index in [1.807, 2.05) is 19.1 Å². The van der Waals surface area contributed by atoms with Gasteiger partial charge in [0.1, 0.15) is 0 Å².